The maximum atomic E-state index is 11.7. The predicted octanol–water partition coefficient (Wildman–Crippen LogP) is 5.22. The standard InChI is InChI=1S/C22H23ClN2O2/c1-12-9-18-20(15-5-7-16(23)8-6-15)17(10-19(26)27)14(3)21-22(18)25(12)13(2)11-24(21)4/h5-9,13H,10-11H2,1-4H3,(H,26,27). The molecule has 0 saturated heterocycles. The van der Waals surface area contributed by atoms with Gasteiger partial charge in [0.15, 0.2) is 0 Å². The summed E-state index contributed by atoms with van der Waals surface area (Å²) in [6.07, 6.45) is 0.000351. The van der Waals surface area contributed by atoms with Gasteiger partial charge in [-0.25, -0.2) is 0 Å². The first-order valence-electron chi connectivity index (χ1n) is 9.15. The highest BCUT2D eigenvalue weighted by Gasteiger charge is 2.29. The molecular formula is C22H23ClN2O2. The minimum Gasteiger partial charge on any atom is -0.481 e. The van der Waals surface area contributed by atoms with Crippen molar-refractivity contribution in [1.29, 1.82) is 0 Å². The predicted molar refractivity (Wildman–Crippen MR) is 111 cm³/mol. The number of aliphatic carboxylic acids is 1. The molecule has 0 saturated carbocycles. The number of benzene rings is 2. The van der Waals surface area contributed by atoms with Crippen molar-refractivity contribution < 1.29 is 9.90 Å². The van der Waals surface area contributed by atoms with Crippen molar-refractivity contribution in [2.75, 3.05) is 18.5 Å². The summed E-state index contributed by atoms with van der Waals surface area (Å²) in [6, 6.07) is 10.2. The molecule has 1 aromatic heterocycles. The van der Waals surface area contributed by atoms with E-state index in [1.54, 1.807) is 0 Å². The molecule has 1 atom stereocenters. The average molecular weight is 383 g/mol. The maximum Gasteiger partial charge on any atom is 0.307 e. The van der Waals surface area contributed by atoms with Gasteiger partial charge in [-0.15, -0.1) is 0 Å². The summed E-state index contributed by atoms with van der Waals surface area (Å²) in [7, 11) is 2.09. The number of hydrogen-bond donors (Lipinski definition) is 1. The number of rotatable bonds is 3. The Morgan fingerprint density at radius 1 is 1.26 bits per heavy atom. The van der Waals surface area contributed by atoms with Crippen LogP contribution < -0.4 is 4.90 Å². The first kappa shape index (κ1) is 17.9. The summed E-state index contributed by atoms with van der Waals surface area (Å²) in [5.74, 6) is -0.817. The van der Waals surface area contributed by atoms with Crippen molar-refractivity contribution >= 4 is 34.2 Å². The number of hydrogen-bond acceptors (Lipinski definition) is 2. The molecule has 0 fully saturated rings. The summed E-state index contributed by atoms with van der Waals surface area (Å²) in [5, 5.41) is 11.4. The van der Waals surface area contributed by atoms with Gasteiger partial charge in [-0.2, -0.15) is 0 Å². The molecule has 3 aromatic rings. The third-order valence-electron chi connectivity index (χ3n) is 5.65. The van der Waals surface area contributed by atoms with E-state index in [9.17, 15) is 9.90 Å². The van der Waals surface area contributed by atoms with Crippen molar-refractivity contribution in [2.45, 2.75) is 33.2 Å². The van der Waals surface area contributed by atoms with E-state index in [-0.39, 0.29) is 6.42 Å². The van der Waals surface area contributed by atoms with E-state index < -0.39 is 5.97 Å². The highest BCUT2D eigenvalue weighted by atomic mass is 35.5. The second-order valence-electron chi connectivity index (χ2n) is 7.55. The summed E-state index contributed by atoms with van der Waals surface area (Å²) in [4.78, 5) is 13.9. The molecule has 0 radical (unpaired) electrons. The molecule has 2 heterocycles. The Balaban J connectivity index is 2.17. The van der Waals surface area contributed by atoms with Gasteiger partial charge < -0.3 is 14.6 Å². The molecule has 1 aliphatic rings. The molecule has 2 aromatic carbocycles. The highest BCUT2D eigenvalue weighted by Crippen LogP contribution is 2.46. The van der Waals surface area contributed by atoms with Gasteiger partial charge in [-0.3, -0.25) is 4.79 Å². The number of carboxylic acid groups (broad SMARTS) is 1. The third-order valence-corrected chi connectivity index (χ3v) is 5.91. The summed E-state index contributed by atoms with van der Waals surface area (Å²) >= 11 is 6.09. The largest absolute Gasteiger partial charge is 0.481 e. The van der Waals surface area contributed by atoms with Crippen LogP contribution in [0.4, 0.5) is 5.69 Å². The molecule has 4 nitrogen and oxygen atoms in total. The lowest BCUT2D eigenvalue weighted by Crippen LogP contribution is -2.32. The van der Waals surface area contributed by atoms with Gasteiger partial charge in [0.05, 0.1) is 17.6 Å². The zero-order valence-corrected chi connectivity index (χ0v) is 16.8. The molecule has 5 heteroatoms. The van der Waals surface area contributed by atoms with Crippen molar-refractivity contribution in [3.63, 3.8) is 0 Å². The number of carboxylic acids is 1. The van der Waals surface area contributed by atoms with Gasteiger partial charge in [-0.1, -0.05) is 23.7 Å². The zero-order valence-electron chi connectivity index (χ0n) is 16.0. The number of anilines is 1. The third kappa shape index (κ3) is 2.71. The van der Waals surface area contributed by atoms with Crippen molar-refractivity contribution in [1.82, 2.24) is 4.57 Å². The summed E-state index contributed by atoms with van der Waals surface area (Å²) in [5.41, 5.74) is 7.48. The minimum atomic E-state index is -0.817. The van der Waals surface area contributed by atoms with Crippen LogP contribution in [0.5, 0.6) is 0 Å². The molecule has 0 bridgehead atoms. The molecule has 1 N–H and O–H groups in total. The zero-order chi connectivity index (χ0) is 19.5. The minimum absolute atomic E-state index is 0.000351. The fourth-order valence-electron chi connectivity index (χ4n) is 4.68. The van der Waals surface area contributed by atoms with Gasteiger partial charge in [0.1, 0.15) is 0 Å². The van der Waals surface area contributed by atoms with E-state index in [0.29, 0.717) is 11.1 Å². The number of carbonyl (C=O) groups is 1. The Hall–Kier alpha value is -2.46. The van der Waals surface area contributed by atoms with E-state index in [1.807, 2.05) is 31.2 Å². The molecule has 0 spiro atoms. The lowest BCUT2D eigenvalue weighted by Gasteiger charge is -2.35. The normalized spacial score (nSPS) is 16.2. The SMILES string of the molecule is Cc1c(CC(=O)O)c(-c2ccc(Cl)cc2)c2cc(C)n3c2c1N(C)CC3C. The average Bonchev–Trinajstić information content (AvgIpc) is 2.92. The lowest BCUT2D eigenvalue weighted by molar-refractivity contribution is -0.136. The number of halogens is 1. The van der Waals surface area contributed by atoms with Crippen LogP contribution in [0, 0.1) is 13.8 Å². The molecule has 27 heavy (non-hydrogen) atoms. The van der Waals surface area contributed by atoms with E-state index in [0.717, 1.165) is 39.9 Å². The maximum absolute atomic E-state index is 11.7. The Kier molecular flexibility index (Phi) is 4.19. The van der Waals surface area contributed by atoms with Crippen LogP contribution >= 0.6 is 11.6 Å². The molecule has 1 aliphatic heterocycles. The molecule has 0 aliphatic carbocycles. The van der Waals surface area contributed by atoms with Crippen LogP contribution in [0.25, 0.3) is 22.0 Å². The number of aryl methyl sites for hydroxylation is 1. The monoisotopic (exact) mass is 382 g/mol. The van der Waals surface area contributed by atoms with Crippen LogP contribution in [0.3, 0.4) is 0 Å². The smallest absolute Gasteiger partial charge is 0.307 e. The quantitative estimate of drug-likeness (QED) is 0.675. The topological polar surface area (TPSA) is 45.5 Å². The molecule has 0 amide bonds. The van der Waals surface area contributed by atoms with Crippen molar-refractivity contribution in [3.05, 3.63) is 52.2 Å². The lowest BCUT2D eigenvalue weighted by atomic mass is 9.88. The first-order chi connectivity index (χ1) is 12.8. The Morgan fingerprint density at radius 3 is 2.56 bits per heavy atom. The van der Waals surface area contributed by atoms with Gasteiger partial charge in [0, 0.05) is 35.7 Å². The van der Waals surface area contributed by atoms with E-state index in [1.165, 1.54) is 11.2 Å². The Bertz CT molecular complexity index is 1070. The van der Waals surface area contributed by atoms with E-state index in [4.69, 9.17) is 11.6 Å². The van der Waals surface area contributed by atoms with Crippen LogP contribution in [0.2, 0.25) is 5.02 Å². The Labute approximate surface area is 164 Å². The van der Waals surface area contributed by atoms with Crippen LogP contribution in [-0.4, -0.2) is 29.2 Å². The van der Waals surface area contributed by atoms with E-state index in [2.05, 4.69) is 36.4 Å². The summed E-state index contributed by atoms with van der Waals surface area (Å²) < 4.78 is 2.39. The van der Waals surface area contributed by atoms with Crippen LogP contribution in [-0.2, 0) is 11.2 Å². The number of likely N-dealkylation sites (N-methyl/N-ethyl adjacent to an activating group) is 1. The van der Waals surface area contributed by atoms with Crippen molar-refractivity contribution in [3.8, 4) is 11.1 Å². The van der Waals surface area contributed by atoms with E-state index >= 15 is 0 Å². The number of nitrogens with zero attached hydrogens (tertiary/aromatic N) is 2. The number of aromatic nitrogens is 1. The molecule has 140 valence electrons. The molecule has 4 rings (SSSR count). The van der Waals surface area contributed by atoms with Gasteiger partial charge >= 0.3 is 5.97 Å². The fourth-order valence-corrected chi connectivity index (χ4v) is 4.80. The first-order valence-corrected chi connectivity index (χ1v) is 9.53. The Morgan fingerprint density at radius 2 is 1.93 bits per heavy atom. The van der Waals surface area contributed by atoms with Gasteiger partial charge in [0.25, 0.3) is 0 Å². The van der Waals surface area contributed by atoms with Crippen LogP contribution in [0.1, 0.15) is 29.8 Å². The summed E-state index contributed by atoms with van der Waals surface area (Å²) in [6.45, 7) is 7.31. The van der Waals surface area contributed by atoms with Gasteiger partial charge in [0.2, 0.25) is 0 Å². The second kappa shape index (κ2) is 6.31. The highest BCUT2D eigenvalue weighted by molar-refractivity contribution is 6.30. The van der Waals surface area contributed by atoms with Crippen LogP contribution in [0.15, 0.2) is 30.3 Å². The fraction of sp³-hybridized carbons (Fsp3) is 0.318. The second-order valence-corrected chi connectivity index (χ2v) is 7.99. The van der Waals surface area contributed by atoms with Gasteiger partial charge in [-0.05, 0) is 61.2 Å². The molecule has 1 unspecified atom stereocenters. The van der Waals surface area contributed by atoms with Crippen molar-refractivity contribution in [2.24, 2.45) is 0 Å². The molecular weight excluding hydrogens is 360 g/mol.